The maximum absolute atomic E-state index is 12.0. The second-order valence-electron chi connectivity index (χ2n) is 4.93. The van der Waals surface area contributed by atoms with E-state index in [0.717, 1.165) is 11.1 Å². The Morgan fingerprint density at radius 2 is 2.21 bits per heavy atom. The fourth-order valence-corrected chi connectivity index (χ4v) is 2.31. The van der Waals surface area contributed by atoms with E-state index < -0.39 is 0 Å². The number of hydrogen-bond acceptors (Lipinski definition) is 4. The molecule has 2 heterocycles. The standard InChI is InChI=1S/C17H14ClN5O/c18-15-5-1-3-13(9-15)6-7-16(24)21-10-14-4-2-8-20-17(14)23-12-19-11-22-23/h1-9,11-12H,10H2,(H,21,24)/b7-6+. The molecule has 0 aliphatic rings. The normalized spacial score (nSPS) is 10.9. The summed E-state index contributed by atoms with van der Waals surface area (Å²) in [5, 5.41) is 7.52. The van der Waals surface area contributed by atoms with Crippen molar-refractivity contribution in [2.45, 2.75) is 6.54 Å². The molecule has 0 bridgehead atoms. The minimum atomic E-state index is -0.205. The summed E-state index contributed by atoms with van der Waals surface area (Å²) in [5.41, 5.74) is 1.70. The molecule has 0 fully saturated rings. The molecule has 7 heteroatoms. The van der Waals surface area contributed by atoms with Gasteiger partial charge >= 0.3 is 0 Å². The molecule has 1 aromatic carbocycles. The van der Waals surface area contributed by atoms with Gasteiger partial charge in [0.05, 0.1) is 0 Å². The molecule has 0 unspecified atom stereocenters. The second kappa shape index (κ2) is 7.52. The van der Waals surface area contributed by atoms with Gasteiger partial charge in [0.15, 0.2) is 5.82 Å². The van der Waals surface area contributed by atoms with Crippen LogP contribution in [0.4, 0.5) is 0 Å². The second-order valence-corrected chi connectivity index (χ2v) is 5.37. The van der Waals surface area contributed by atoms with E-state index in [9.17, 15) is 4.79 Å². The lowest BCUT2D eigenvalue weighted by Crippen LogP contribution is -2.21. The van der Waals surface area contributed by atoms with Crippen molar-refractivity contribution in [1.29, 1.82) is 0 Å². The van der Waals surface area contributed by atoms with Crippen LogP contribution < -0.4 is 5.32 Å². The maximum Gasteiger partial charge on any atom is 0.244 e. The molecule has 0 atom stereocenters. The molecule has 0 radical (unpaired) electrons. The van der Waals surface area contributed by atoms with Crippen molar-refractivity contribution in [1.82, 2.24) is 25.1 Å². The van der Waals surface area contributed by atoms with Crippen molar-refractivity contribution in [2.75, 3.05) is 0 Å². The zero-order valence-electron chi connectivity index (χ0n) is 12.6. The highest BCUT2D eigenvalue weighted by Gasteiger charge is 2.07. The smallest absolute Gasteiger partial charge is 0.244 e. The first kappa shape index (κ1) is 15.9. The Morgan fingerprint density at radius 1 is 1.29 bits per heavy atom. The maximum atomic E-state index is 12.0. The lowest BCUT2D eigenvalue weighted by Gasteiger charge is -2.08. The van der Waals surface area contributed by atoms with Crippen molar-refractivity contribution in [3.63, 3.8) is 0 Å². The third-order valence-corrected chi connectivity index (χ3v) is 3.47. The summed E-state index contributed by atoms with van der Waals surface area (Å²) >= 11 is 5.91. The number of carbonyl (C=O) groups excluding carboxylic acids is 1. The molecule has 1 N–H and O–H groups in total. The van der Waals surface area contributed by atoms with Crippen LogP contribution in [0.2, 0.25) is 5.02 Å². The first-order valence-electron chi connectivity index (χ1n) is 7.23. The molecule has 1 amide bonds. The highest BCUT2D eigenvalue weighted by molar-refractivity contribution is 6.30. The Labute approximate surface area is 143 Å². The minimum Gasteiger partial charge on any atom is -0.348 e. The van der Waals surface area contributed by atoms with Crippen molar-refractivity contribution in [2.24, 2.45) is 0 Å². The summed E-state index contributed by atoms with van der Waals surface area (Å²) in [6.07, 6.45) is 7.85. The van der Waals surface area contributed by atoms with E-state index in [0.29, 0.717) is 17.4 Å². The van der Waals surface area contributed by atoms with E-state index in [1.165, 1.54) is 12.4 Å². The summed E-state index contributed by atoms with van der Waals surface area (Å²) in [4.78, 5) is 20.2. The van der Waals surface area contributed by atoms with Crippen molar-refractivity contribution < 1.29 is 4.79 Å². The summed E-state index contributed by atoms with van der Waals surface area (Å²) in [6.45, 7) is 0.335. The van der Waals surface area contributed by atoms with E-state index >= 15 is 0 Å². The van der Waals surface area contributed by atoms with Crippen molar-refractivity contribution in [3.8, 4) is 5.82 Å². The van der Waals surface area contributed by atoms with Gasteiger partial charge in [0, 0.05) is 29.4 Å². The van der Waals surface area contributed by atoms with Gasteiger partial charge in [0.25, 0.3) is 0 Å². The third-order valence-electron chi connectivity index (χ3n) is 3.23. The average Bonchev–Trinajstić information content (AvgIpc) is 3.13. The topological polar surface area (TPSA) is 72.7 Å². The van der Waals surface area contributed by atoms with Gasteiger partial charge in [-0.2, -0.15) is 5.10 Å². The Hall–Kier alpha value is -2.99. The fourth-order valence-electron chi connectivity index (χ4n) is 2.12. The number of carbonyl (C=O) groups is 1. The molecular weight excluding hydrogens is 326 g/mol. The number of nitrogens with zero attached hydrogens (tertiary/aromatic N) is 4. The number of benzene rings is 1. The number of rotatable bonds is 5. The fraction of sp³-hybridized carbons (Fsp3) is 0.0588. The number of nitrogens with one attached hydrogen (secondary N) is 1. The van der Waals surface area contributed by atoms with Gasteiger partial charge < -0.3 is 5.32 Å². The van der Waals surface area contributed by atoms with E-state index in [1.807, 2.05) is 24.3 Å². The van der Waals surface area contributed by atoms with Crippen LogP contribution in [0.25, 0.3) is 11.9 Å². The molecule has 3 rings (SSSR count). The van der Waals surface area contributed by atoms with Gasteiger partial charge in [-0.1, -0.05) is 29.8 Å². The molecule has 0 aliphatic carbocycles. The quantitative estimate of drug-likeness (QED) is 0.725. The number of aromatic nitrogens is 4. The van der Waals surface area contributed by atoms with Crippen LogP contribution in [-0.4, -0.2) is 25.7 Å². The number of halogens is 1. The molecular formula is C17H14ClN5O. The molecule has 3 aromatic rings. The lowest BCUT2D eigenvalue weighted by atomic mass is 10.2. The van der Waals surface area contributed by atoms with Crippen LogP contribution in [0.5, 0.6) is 0 Å². The highest BCUT2D eigenvalue weighted by Crippen LogP contribution is 2.12. The number of amides is 1. The zero-order chi connectivity index (χ0) is 16.8. The summed E-state index contributed by atoms with van der Waals surface area (Å²) in [7, 11) is 0. The first-order chi connectivity index (χ1) is 11.7. The average molecular weight is 340 g/mol. The van der Waals surface area contributed by atoms with Crippen LogP contribution in [0.15, 0.2) is 61.3 Å². The van der Waals surface area contributed by atoms with Crippen LogP contribution in [-0.2, 0) is 11.3 Å². The molecule has 24 heavy (non-hydrogen) atoms. The highest BCUT2D eigenvalue weighted by atomic mass is 35.5. The van der Waals surface area contributed by atoms with Gasteiger partial charge in [-0.05, 0) is 29.8 Å². The number of hydrogen-bond donors (Lipinski definition) is 1. The summed E-state index contributed by atoms with van der Waals surface area (Å²) in [6, 6.07) is 11.0. The van der Waals surface area contributed by atoms with Gasteiger partial charge in [-0.25, -0.2) is 14.6 Å². The minimum absolute atomic E-state index is 0.205. The Bertz CT molecular complexity index is 861. The van der Waals surface area contributed by atoms with Crippen LogP contribution >= 0.6 is 11.6 Å². The Morgan fingerprint density at radius 3 is 3.00 bits per heavy atom. The zero-order valence-corrected chi connectivity index (χ0v) is 13.4. The van der Waals surface area contributed by atoms with Gasteiger partial charge in [0.2, 0.25) is 5.91 Å². The van der Waals surface area contributed by atoms with E-state index in [1.54, 1.807) is 35.4 Å². The first-order valence-corrected chi connectivity index (χ1v) is 7.60. The monoisotopic (exact) mass is 339 g/mol. The molecule has 0 saturated carbocycles. The van der Waals surface area contributed by atoms with Gasteiger partial charge in [-0.3, -0.25) is 4.79 Å². The summed E-state index contributed by atoms with van der Waals surface area (Å²) < 4.78 is 1.56. The molecule has 2 aromatic heterocycles. The van der Waals surface area contributed by atoms with Crippen LogP contribution in [0, 0.1) is 0 Å². The van der Waals surface area contributed by atoms with E-state index in [2.05, 4.69) is 20.4 Å². The van der Waals surface area contributed by atoms with E-state index in [-0.39, 0.29) is 5.91 Å². The van der Waals surface area contributed by atoms with Crippen LogP contribution in [0.3, 0.4) is 0 Å². The molecule has 0 saturated heterocycles. The van der Waals surface area contributed by atoms with Gasteiger partial charge in [0.1, 0.15) is 12.7 Å². The third kappa shape index (κ3) is 4.05. The van der Waals surface area contributed by atoms with E-state index in [4.69, 9.17) is 11.6 Å². The Balaban J connectivity index is 1.65. The van der Waals surface area contributed by atoms with Crippen molar-refractivity contribution in [3.05, 3.63) is 77.5 Å². The molecule has 0 spiro atoms. The predicted molar refractivity (Wildman–Crippen MR) is 91.5 cm³/mol. The Kier molecular flexibility index (Phi) is 4.98. The SMILES string of the molecule is O=C(/C=C/c1cccc(Cl)c1)NCc1cccnc1-n1cncn1. The molecule has 0 aliphatic heterocycles. The van der Waals surface area contributed by atoms with Crippen LogP contribution in [0.1, 0.15) is 11.1 Å². The predicted octanol–water partition coefficient (Wildman–Crippen LogP) is 2.65. The molecule has 6 nitrogen and oxygen atoms in total. The van der Waals surface area contributed by atoms with Crippen molar-refractivity contribution >= 4 is 23.6 Å². The van der Waals surface area contributed by atoms with Gasteiger partial charge in [-0.15, -0.1) is 0 Å². The lowest BCUT2D eigenvalue weighted by molar-refractivity contribution is -0.116. The summed E-state index contributed by atoms with van der Waals surface area (Å²) in [5.74, 6) is 0.428. The largest absolute Gasteiger partial charge is 0.348 e. The number of pyridine rings is 1. The molecule has 120 valence electrons.